The number of carbonyl (C=O) groups excluding carboxylic acids is 1. The molecule has 0 amide bonds. The van der Waals surface area contributed by atoms with Gasteiger partial charge in [0.25, 0.3) is 0 Å². The molecule has 0 radical (unpaired) electrons. The lowest BCUT2D eigenvalue weighted by Crippen LogP contribution is -2.17. The zero-order valence-corrected chi connectivity index (χ0v) is 12.0. The molecule has 0 aliphatic carbocycles. The van der Waals surface area contributed by atoms with Crippen molar-refractivity contribution < 1.29 is 13.7 Å². The van der Waals surface area contributed by atoms with Crippen LogP contribution in [0.15, 0.2) is 29.2 Å². The second-order valence-electron chi connectivity index (χ2n) is 4.42. The Bertz CT molecular complexity index is 412. The third-order valence-electron chi connectivity index (χ3n) is 2.76. The molecule has 1 aromatic carbocycles. The maximum atomic E-state index is 12.0. The van der Waals surface area contributed by atoms with Crippen molar-refractivity contribution in [2.45, 2.75) is 37.7 Å². The number of benzene rings is 1. The Morgan fingerprint density at radius 3 is 2.44 bits per heavy atom. The molecule has 0 aliphatic rings. The Morgan fingerprint density at radius 2 is 1.94 bits per heavy atom. The lowest BCUT2D eigenvalue weighted by Gasteiger charge is -2.13. The zero-order chi connectivity index (χ0) is 13.5. The normalized spacial score (nSPS) is 14.2. The molecule has 100 valence electrons. The Labute approximate surface area is 111 Å². The van der Waals surface area contributed by atoms with Crippen LogP contribution in [0.2, 0.25) is 0 Å². The van der Waals surface area contributed by atoms with Gasteiger partial charge >= 0.3 is 0 Å². The minimum absolute atomic E-state index is 0.1000. The molecule has 1 rings (SSSR count). The van der Waals surface area contributed by atoms with E-state index in [4.69, 9.17) is 4.74 Å². The highest BCUT2D eigenvalue weighted by atomic mass is 32.2. The first-order valence-electron chi connectivity index (χ1n) is 6.00. The van der Waals surface area contributed by atoms with E-state index in [1.54, 1.807) is 14.0 Å². The third-order valence-corrected chi connectivity index (χ3v) is 4.16. The number of carbonyl (C=O) groups is 1. The van der Waals surface area contributed by atoms with Gasteiger partial charge in [0.2, 0.25) is 0 Å². The van der Waals surface area contributed by atoms with Gasteiger partial charge in [0.15, 0.2) is 0 Å². The van der Waals surface area contributed by atoms with E-state index in [2.05, 4.69) is 0 Å². The van der Waals surface area contributed by atoms with Crippen LogP contribution >= 0.6 is 0 Å². The van der Waals surface area contributed by atoms with Gasteiger partial charge in [-0.15, -0.1) is 0 Å². The summed E-state index contributed by atoms with van der Waals surface area (Å²) in [4.78, 5) is 11.8. The molecule has 0 bridgehead atoms. The van der Waals surface area contributed by atoms with Crippen LogP contribution in [0.1, 0.15) is 25.3 Å². The SMILES string of the molecule is COC(CCS(=O)c1ccc(C)cc1)CC(C)=O. The van der Waals surface area contributed by atoms with E-state index in [0.29, 0.717) is 18.6 Å². The van der Waals surface area contributed by atoms with Crippen molar-refractivity contribution >= 4 is 16.6 Å². The van der Waals surface area contributed by atoms with Gasteiger partial charge in [-0.2, -0.15) is 0 Å². The summed E-state index contributed by atoms with van der Waals surface area (Å²) >= 11 is 0. The zero-order valence-electron chi connectivity index (χ0n) is 11.1. The van der Waals surface area contributed by atoms with Gasteiger partial charge in [0, 0.05) is 24.2 Å². The fraction of sp³-hybridized carbons (Fsp3) is 0.500. The smallest absolute Gasteiger partial charge is 0.132 e. The summed E-state index contributed by atoms with van der Waals surface area (Å²) in [5.74, 6) is 0.623. The molecule has 3 nitrogen and oxygen atoms in total. The van der Waals surface area contributed by atoms with E-state index >= 15 is 0 Å². The molecule has 1 aromatic rings. The summed E-state index contributed by atoms with van der Waals surface area (Å²) in [5.41, 5.74) is 1.15. The van der Waals surface area contributed by atoms with Crippen LogP contribution in [0.25, 0.3) is 0 Å². The number of hydrogen-bond acceptors (Lipinski definition) is 3. The number of ether oxygens (including phenoxy) is 1. The van der Waals surface area contributed by atoms with Crippen molar-refractivity contribution in [3.63, 3.8) is 0 Å². The first-order valence-corrected chi connectivity index (χ1v) is 7.32. The molecule has 0 fully saturated rings. The van der Waals surface area contributed by atoms with Crippen molar-refractivity contribution in [3.8, 4) is 0 Å². The first kappa shape index (κ1) is 15.1. The standard InChI is InChI=1S/C14H20O3S/c1-11-4-6-14(7-5-11)18(16)9-8-13(17-3)10-12(2)15/h4-7,13H,8-10H2,1-3H3. The van der Waals surface area contributed by atoms with Crippen LogP contribution in [0.4, 0.5) is 0 Å². The average molecular weight is 268 g/mol. The highest BCUT2D eigenvalue weighted by Gasteiger charge is 2.12. The Balaban J connectivity index is 2.49. The highest BCUT2D eigenvalue weighted by molar-refractivity contribution is 7.85. The molecule has 0 spiro atoms. The molecule has 4 heteroatoms. The average Bonchev–Trinajstić information content (AvgIpc) is 2.34. The lowest BCUT2D eigenvalue weighted by molar-refractivity contribution is -0.119. The predicted octanol–water partition coefficient (Wildman–Crippen LogP) is 2.49. The van der Waals surface area contributed by atoms with Gasteiger partial charge in [-0.1, -0.05) is 17.7 Å². The fourth-order valence-corrected chi connectivity index (χ4v) is 2.82. The van der Waals surface area contributed by atoms with Gasteiger partial charge in [0.05, 0.1) is 16.9 Å². The third kappa shape index (κ3) is 5.10. The summed E-state index contributed by atoms with van der Waals surface area (Å²) in [6.07, 6.45) is 0.898. The van der Waals surface area contributed by atoms with Crippen molar-refractivity contribution in [3.05, 3.63) is 29.8 Å². The van der Waals surface area contributed by atoms with Crippen molar-refractivity contribution in [2.24, 2.45) is 0 Å². The number of ketones is 1. The van der Waals surface area contributed by atoms with Gasteiger partial charge in [-0.3, -0.25) is 9.00 Å². The first-order chi connectivity index (χ1) is 8.52. The van der Waals surface area contributed by atoms with Gasteiger partial charge in [-0.25, -0.2) is 0 Å². The number of rotatable bonds is 7. The van der Waals surface area contributed by atoms with Crippen molar-refractivity contribution in [2.75, 3.05) is 12.9 Å². The molecule has 0 saturated heterocycles. The number of Topliss-reactive ketones (excluding diaryl/α,β-unsaturated/α-hetero) is 1. The van der Waals surface area contributed by atoms with E-state index in [1.807, 2.05) is 31.2 Å². The Morgan fingerprint density at radius 1 is 1.33 bits per heavy atom. The van der Waals surface area contributed by atoms with E-state index < -0.39 is 10.8 Å². The maximum Gasteiger partial charge on any atom is 0.132 e. The molecule has 2 unspecified atom stereocenters. The van der Waals surface area contributed by atoms with Gasteiger partial charge in [-0.05, 0) is 32.4 Å². The molecule has 0 heterocycles. The molecular formula is C14H20O3S. The van der Waals surface area contributed by atoms with E-state index in [9.17, 15) is 9.00 Å². The van der Waals surface area contributed by atoms with Crippen LogP contribution in [-0.2, 0) is 20.3 Å². The second-order valence-corrected chi connectivity index (χ2v) is 5.99. The summed E-state index contributed by atoms with van der Waals surface area (Å²) < 4.78 is 17.2. The molecule has 0 N–H and O–H groups in total. The molecule has 2 atom stereocenters. The minimum atomic E-state index is -1.02. The van der Waals surface area contributed by atoms with E-state index in [0.717, 1.165) is 10.5 Å². The van der Waals surface area contributed by atoms with Crippen LogP contribution in [0.5, 0.6) is 0 Å². The Hall–Kier alpha value is -1.00. The summed E-state index contributed by atoms with van der Waals surface area (Å²) in [5, 5.41) is 0. The molecule has 0 aromatic heterocycles. The van der Waals surface area contributed by atoms with E-state index in [1.165, 1.54) is 0 Å². The molecule has 0 aliphatic heterocycles. The topological polar surface area (TPSA) is 43.4 Å². The second kappa shape index (κ2) is 7.44. The minimum Gasteiger partial charge on any atom is -0.381 e. The molecular weight excluding hydrogens is 248 g/mol. The summed E-state index contributed by atoms with van der Waals surface area (Å²) in [7, 11) is 0.566. The van der Waals surface area contributed by atoms with E-state index in [-0.39, 0.29) is 11.9 Å². The van der Waals surface area contributed by atoms with Gasteiger partial charge in [0.1, 0.15) is 5.78 Å². The van der Waals surface area contributed by atoms with Gasteiger partial charge < -0.3 is 4.74 Å². The monoisotopic (exact) mass is 268 g/mol. The van der Waals surface area contributed by atoms with Crippen LogP contribution in [0, 0.1) is 6.92 Å². The lowest BCUT2D eigenvalue weighted by atomic mass is 10.1. The van der Waals surface area contributed by atoms with Crippen LogP contribution < -0.4 is 0 Å². The van der Waals surface area contributed by atoms with Crippen LogP contribution in [0.3, 0.4) is 0 Å². The number of aryl methyl sites for hydroxylation is 1. The number of hydrogen-bond donors (Lipinski definition) is 0. The van der Waals surface area contributed by atoms with Crippen molar-refractivity contribution in [1.82, 2.24) is 0 Å². The van der Waals surface area contributed by atoms with Crippen molar-refractivity contribution in [1.29, 1.82) is 0 Å². The highest BCUT2D eigenvalue weighted by Crippen LogP contribution is 2.12. The molecule has 0 saturated carbocycles. The predicted molar refractivity (Wildman–Crippen MR) is 73.2 cm³/mol. The number of methoxy groups -OCH3 is 1. The largest absolute Gasteiger partial charge is 0.381 e. The quantitative estimate of drug-likeness (QED) is 0.763. The maximum absolute atomic E-state index is 12.0. The fourth-order valence-electron chi connectivity index (χ4n) is 1.67. The molecule has 18 heavy (non-hydrogen) atoms. The summed E-state index contributed by atoms with van der Waals surface area (Å²) in [6, 6.07) is 7.68. The Kier molecular flexibility index (Phi) is 6.22. The van der Waals surface area contributed by atoms with Crippen LogP contribution in [-0.4, -0.2) is 29.0 Å². The summed E-state index contributed by atoms with van der Waals surface area (Å²) in [6.45, 7) is 3.55.